The Hall–Kier alpha value is -4.38. The molecule has 5 atom stereocenters. The highest BCUT2D eigenvalue weighted by atomic mass is 16.4. The number of aromatic nitrogens is 1. The first-order chi connectivity index (χ1) is 20.1. The lowest BCUT2D eigenvalue weighted by Gasteiger charge is -2.29. The first kappa shape index (κ1) is 30.6. The second kappa shape index (κ2) is 13.5. The van der Waals surface area contributed by atoms with E-state index in [1.54, 1.807) is 25.3 Å². The lowest BCUT2D eigenvalue weighted by molar-refractivity contribution is -0.144. The first-order valence-corrected chi connectivity index (χ1v) is 14.3. The number of phenols is 1. The lowest BCUT2D eigenvalue weighted by atomic mass is 9.98. The lowest BCUT2D eigenvalue weighted by Crippen LogP contribution is -2.58. The maximum atomic E-state index is 13.6. The van der Waals surface area contributed by atoms with Gasteiger partial charge in [-0.2, -0.15) is 0 Å². The summed E-state index contributed by atoms with van der Waals surface area (Å²) in [6.07, 6.45) is 3.69. The summed E-state index contributed by atoms with van der Waals surface area (Å²) in [6, 6.07) is 10.1. The van der Waals surface area contributed by atoms with Crippen LogP contribution < -0.4 is 16.4 Å². The van der Waals surface area contributed by atoms with Crippen molar-refractivity contribution in [1.29, 1.82) is 0 Å². The number of benzene rings is 2. The van der Waals surface area contributed by atoms with Gasteiger partial charge in [-0.15, -0.1) is 0 Å². The summed E-state index contributed by atoms with van der Waals surface area (Å²) >= 11 is 0. The van der Waals surface area contributed by atoms with E-state index >= 15 is 0 Å². The highest BCUT2D eigenvalue weighted by Crippen LogP contribution is 2.22. The van der Waals surface area contributed by atoms with E-state index in [1.807, 2.05) is 31.2 Å². The van der Waals surface area contributed by atoms with Gasteiger partial charge in [0.05, 0.1) is 6.04 Å². The van der Waals surface area contributed by atoms with Gasteiger partial charge in [0.1, 0.15) is 23.9 Å². The molecule has 0 spiro atoms. The third-order valence-electron chi connectivity index (χ3n) is 8.06. The van der Waals surface area contributed by atoms with Gasteiger partial charge in [0.25, 0.3) is 0 Å². The predicted octanol–water partition coefficient (Wildman–Crippen LogP) is 2.08. The van der Waals surface area contributed by atoms with Crippen molar-refractivity contribution < 1.29 is 29.4 Å². The number of aromatic amines is 1. The Morgan fingerprint density at radius 2 is 1.79 bits per heavy atom. The van der Waals surface area contributed by atoms with Crippen LogP contribution in [0.2, 0.25) is 0 Å². The Balaban J connectivity index is 1.52. The predicted molar refractivity (Wildman–Crippen MR) is 157 cm³/mol. The van der Waals surface area contributed by atoms with Crippen molar-refractivity contribution in [2.45, 2.75) is 70.1 Å². The molecule has 42 heavy (non-hydrogen) atoms. The number of fused-ring (bicyclic) bond motifs is 1. The number of carboxylic acid groups (broad SMARTS) is 1. The summed E-state index contributed by atoms with van der Waals surface area (Å²) in [6.45, 7) is 3.94. The number of nitrogens with zero attached hydrogens (tertiary/aromatic N) is 1. The van der Waals surface area contributed by atoms with Gasteiger partial charge in [-0.1, -0.05) is 50.6 Å². The zero-order valence-corrected chi connectivity index (χ0v) is 23.9. The van der Waals surface area contributed by atoms with Crippen molar-refractivity contribution in [3.63, 3.8) is 0 Å². The van der Waals surface area contributed by atoms with Crippen LogP contribution >= 0.6 is 0 Å². The molecule has 1 saturated heterocycles. The summed E-state index contributed by atoms with van der Waals surface area (Å²) in [5.74, 6) is -2.84. The molecular weight excluding hydrogens is 538 g/mol. The SMILES string of the molecule is CCC(C)C(NC(=O)C(Cc1c[nH]c2ccccc12)NC(=O)C1CCCN1C(=O)C(N)Cc1ccc(O)cc1)C(=O)O. The number of phenolic OH excluding ortho intramolecular Hbond substituents is 1. The standard InChI is InChI=1S/C31H39N5O6/c1-3-18(2)27(31(41)42)35-28(38)25(16-20-17-33-24-8-5-4-7-22(20)24)34-29(39)26-9-6-14-36(26)30(40)23(32)15-19-10-12-21(37)13-11-19/h4-5,7-8,10-13,17-18,23,25-27,33,37H,3,6,9,14-16,32H2,1-2H3,(H,34,39)(H,35,38)(H,41,42). The minimum atomic E-state index is -1.15. The number of carbonyl (C=O) groups excluding carboxylic acids is 3. The van der Waals surface area contributed by atoms with Gasteiger partial charge in [0.2, 0.25) is 17.7 Å². The van der Waals surface area contributed by atoms with Crippen molar-refractivity contribution in [3.8, 4) is 5.75 Å². The molecule has 0 bridgehead atoms. The molecule has 1 aromatic heterocycles. The van der Waals surface area contributed by atoms with Gasteiger partial charge in [0, 0.05) is 30.1 Å². The van der Waals surface area contributed by atoms with Crippen LogP contribution in [0.25, 0.3) is 10.9 Å². The van der Waals surface area contributed by atoms with Gasteiger partial charge < -0.3 is 36.5 Å². The Morgan fingerprint density at radius 1 is 1.07 bits per heavy atom. The summed E-state index contributed by atoms with van der Waals surface area (Å²) in [4.78, 5) is 57.0. The highest BCUT2D eigenvalue weighted by Gasteiger charge is 2.38. The molecule has 1 aliphatic heterocycles. The van der Waals surface area contributed by atoms with Crippen LogP contribution in [0, 0.1) is 5.92 Å². The normalized spacial score (nSPS) is 17.8. The zero-order valence-electron chi connectivity index (χ0n) is 23.9. The molecule has 4 rings (SSSR count). The molecule has 1 fully saturated rings. The van der Waals surface area contributed by atoms with Crippen LogP contribution in [0.4, 0.5) is 0 Å². The molecule has 2 heterocycles. The number of carbonyl (C=O) groups is 4. The van der Waals surface area contributed by atoms with Crippen LogP contribution in [-0.2, 0) is 32.0 Å². The van der Waals surface area contributed by atoms with Crippen molar-refractivity contribution in [1.82, 2.24) is 20.5 Å². The average molecular weight is 578 g/mol. The molecule has 3 amide bonds. The minimum Gasteiger partial charge on any atom is -0.508 e. The largest absolute Gasteiger partial charge is 0.508 e. The smallest absolute Gasteiger partial charge is 0.326 e. The van der Waals surface area contributed by atoms with E-state index in [1.165, 1.54) is 17.0 Å². The number of rotatable bonds is 12. The summed E-state index contributed by atoms with van der Waals surface area (Å²) < 4.78 is 0. The number of nitrogens with two attached hydrogens (primary N) is 1. The maximum absolute atomic E-state index is 13.6. The quantitative estimate of drug-likeness (QED) is 0.191. The third-order valence-corrected chi connectivity index (χ3v) is 8.06. The molecule has 2 aromatic carbocycles. The van der Waals surface area contributed by atoms with Crippen LogP contribution in [-0.4, -0.2) is 74.5 Å². The third kappa shape index (κ3) is 7.09. The fourth-order valence-corrected chi connectivity index (χ4v) is 5.42. The first-order valence-electron chi connectivity index (χ1n) is 14.3. The number of nitrogens with one attached hydrogen (secondary N) is 3. The van der Waals surface area contributed by atoms with E-state index in [0.717, 1.165) is 22.0 Å². The van der Waals surface area contributed by atoms with E-state index in [0.29, 0.717) is 25.8 Å². The summed E-state index contributed by atoms with van der Waals surface area (Å²) in [5.41, 5.74) is 8.67. The average Bonchev–Trinajstić information content (AvgIpc) is 3.63. The molecule has 224 valence electrons. The number of H-pyrrole nitrogens is 1. The number of hydrogen-bond acceptors (Lipinski definition) is 6. The van der Waals surface area contributed by atoms with E-state index in [4.69, 9.17) is 5.73 Å². The number of hydrogen-bond donors (Lipinski definition) is 6. The number of carboxylic acids is 1. The van der Waals surface area contributed by atoms with E-state index in [2.05, 4.69) is 15.6 Å². The number of amides is 3. The number of likely N-dealkylation sites (tertiary alicyclic amines) is 1. The Labute approximate surface area is 244 Å². The van der Waals surface area contributed by atoms with Gasteiger partial charge in [-0.25, -0.2) is 4.79 Å². The molecule has 11 nitrogen and oxygen atoms in total. The van der Waals surface area contributed by atoms with E-state index in [9.17, 15) is 29.4 Å². The second-order valence-corrected chi connectivity index (χ2v) is 11.0. The molecule has 1 aliphatic rings. The second-order valence-electron chi connectivity index (χ2n) is 11.0. The molecule has 3 aromatic rings. The van der Waals surface area contributed by atoms with Gasteiger partial charge in [0.15, 0.2) is 0 Å². The fourth-order valence-electron chi connectivity index (χ4n) is 5.42. The molecule has 5 unspecified atom stereocenters. The molecule has 0 radical (unpaired) electrons. The van der Waals surface area contributed by atoms with Crippen LogP contribution in [0.3, 0.4) is 0 Å². The topological polar surface area (TPSA) is 178 Å². The van der Waals surface area contributed by atoms with E-state index < -0.39 is 42.0 Å². The summed E-state index contributed by atoms with van der Waals surface area (Å²) in [5, 5.41) is 25.6. The van der Waals surface area contributed by atoms with Gasteiger partial charge in [-0.05, 0) is 54.5 Å². The molecule has 0 saturated carbocycles. The highest BCUT2D eigenvalue weighted by molar-refractivity contribution is 5.95. The monoisotopic (exact) mass is 577 g/mol. The summed E-state index contributed by atoms with van der Waals surface area (Å²) in [7, 11) is 0. The maximum Gasteiger partial charge on any atom is 0.326 e. The van der Waals surface area contributed by atoms with Crippen LogP contribution in [0.15, 0.2) is 54.7 Å². The number of para-hydroxylation sites is 1. The Morgan fingerprint density at radius 3 is 2.48 bits per heavy atom. The zero-order chi connectivity index (χ0) is 30.4. The Kier molecular flexibility index (Phi) is 9.84. The molecule has 0 aliphatic carbocycles. The van der Waals surface area contributed by atoms with Crippen molar-refractivity contribution in [2.24, 2.45) is 11.7 Å². The van der Waals surface area contributed by atoms with Crippen LogP contribution in [0.5, 0.6) is 5.75 Å². The fraction of sp³-hybridized carbons (Fsp3) is 0.419. The van der Waals surface area contributed by atoms with Crippen molar-refractivity contribution >= 4 is 34.6 Å². The molecule has 7 N–H and O–H groups in total. The van der Waals surface area contributed by atoms with Crippen molar-refractivity contribution in [3.05, 3.63) is 65.9 Å². The number of aromatic hydroxyl groups is 1. The van der Waals surface area contributed by atoms with Crippen molar-refractivity contribution in [2.75, 3.05) is 6.54 Å². The van der Waals surface area contributed by atoms with Gasteiger partial charge >= 0.3 is 5.97 Å². The number of aliphatic carboxylic acids is 1. The van der Waals surface area contributed by atoms with Gasteiger partial charge in [-0.3, -0.25) is 14.4 Å². The molecule has 11 heteroatoms. The Bertz CT molecular complexity index is 1420. The van der Waals surface area contributed by atoms with Crippen LogP contribution in [0.1, 0.15) is 44.2 Å². The minimum absolute atomic E-state index is 0.111. The molecular formula is C31H39N5O6. The van der Waals surface area contributed by atoms with E-state index in [-0.39, 0.29) is 30.4 Å².